The Morgan fingerprint density at radius 1 is 1.35 bits per heavy atom. The van der Waals surface area contributed by atoms with Gasteiger partial charge in [-0.05, 0) is 36.2 Å². The average Bonchev–Trinajstić information content (AvgIpc) is 2.89. The van der Waals surface area contributed by atoms with E-state index in [1.165, 1.54) is 12.1 Å². The lowest BCUT2D eigenvalue weighted by molar-refractivity contribution is 0.0984. The van der Waals surface area contributed by atoms with Gasteiger partial charge in [-0.3, -0.25) is 9.78 Å². The van der Waals surface area contributed by atoms with Crippen LogP contribution in [0.4, 0.5) is 15.8 Å². The Balaban J connectivity index is 1.95. The van der Waals surface area contributed by atoms with Gasteiger partial charge in [0, 0.05) is 25.5 Å². The fraction of sp³-hybridized carbons (Fsp3) is 0.200. The van der Waals surface area contributed by atoms with Gasteiger partial charge in [0.25, 0.3) is 5.91 Å². The van der Waals surface area contributed by atoms with Crippen LogP contribution in [0.5, 0.6) is 0 Å². The van der Waals surface area contributed by atoms with E-state index >= 15 is 0 Å². The maximum atomic E-state index is 13.4. The van der Waals surface area contributed by atoms with Gasteiger partial charge in [0.05, 0.1) is 5.69 Å². The molecule has 0 atom stereocenters. The van der Waals surface area contributed by atoms with Crippen molar-refractivity contribution in [2.24, 2.45) is 0 Å². The molecule has 1 amide bonds. The van der Waals surface area contributed by atoms with E-state index in [9.17, 15) is 9.18 Å². The Bertz CT molecular complexity index is 672. The number of anilines is 2. The Labute approximate surface area is 116 Å². The van der Waals surface area contributed by atoms with Gasteiger partial charge >= 0.3 is 0 Å². The summed E-state index contributed by atoms with van der Waals surface area (Å²) in [5, 5.41) is 2.97. The van der Waals surface area contributed by atoms with Crippen LogP contribution in [0.3, 0.4) is 0 Å². The van der Waals surface area contributed by atoms with Gasteiger partial charge in [-0.2, -0.15) is 0 Å². The van der Waals surface area contributed by atoms with E-state index in [4.69, 9.17) is 0 Å². The van der Waals surface area contributed by atoms with Crippen LogP contribution in [0.15, 0.2) is 36.5 Å². The number of carbonyl (C=O) groups excluding carboxylic acids is 1. The van der Waals surface area contributed by atoms with Crippen molar-refractivity contribution in [2.75, 3.05) is 23.8 Å². The largest absolute Gasteiger partial charge is 0.388 e. The van der Waals surface area contributed by atoms with E-state index in [2.05, 4.69) is 10.3 Å². The lowest BCUT2D eigenvalue weighted by Gasteiger charge is -2.17. The molecular weight excluding hydrogens is 257 g/mol. The molecular formula is C15H14FN3O. The number of aromatic nitrogens is 1. The smallest absolute Gasteiger partial charge is 0.276 e. The van der Waals surface area contributed by atoms with Crippen molar-refractivity contribution in [3.63, 3.8) is 0 Å². The molecule has 2 aromatic rings. The first kappa shape index (κ1) is 12.6. The third-order valence-corrected chi connectivity index (χ3v) is 3.46. The molecule has 5 heteroatoms. The Morgan fingerprint density at radius 2 is 2.20 bits per heavy atom. The minimum absolute atomic E-state index is 0.202. The lowest BCUT2D eigenvalue weighted by Crippen LogP contribution is -2.29. The highest BCUT2D eigenvalue weighted by molar-refractivity contribution is 6.06. The van der Waals surface area contributed by atoms with Gasteiger partial charge < -0.3 is 10.2 Å². The number of hydrogen-bond donors (Lipinski definition) is 1. The quantitative estimate of drug-likeness (QED) is 0.912. The number of halogens is 1. The maximum absolute atomic E-state index is 13.4. The van der Waals surface area contributed by atoms with Crippen molar-refractivity contribution in [1.29, 1.82) is 0 Å². The maximum Gasteiger partial charge on any atom is 0.276 e. The molecule has 0 saturated heterocycles. The fourth-order valence-corrected chi connectivity index (χ4v) is 2.40. The van der Waals surface area contributed by atoms with Crippen LogP contribution in [-0.2, 0) is 6.42 Å². The molecule has 1 aliphatic heterocycles. The Morgan fingerprint density at radius 3 is 3.00 bits per heavy atom. The molecule has 0 fully saturated rings. The highest BCUT2D eigenvalue weighted by Gasteiger charge is 2.26. The molecule has 20 heavy (non-hydrogen) atoms. The summed E-state index contributed by atoms with van der Waals surface area (Å²) in [7, 11) is 1.78. The third kappa shape index (κ3) is 2.11. The minimum Gasteiger partial charge on any atom is -0.388 e. The highest BCUT2D eigenvalue weighted by atomic mass is 19.1. The monoisotopic (exact) mass is 271 g/mol. The van der Waals surface area contributed by atoms with Gasteiger partial charge in [0.2, 0.25) is 0 Å². The minimum atomic E-state index is -0.333. The van der Waals surface area contributed by atoms with Crippen LogP contribution in [-0.4, -0.2) is 24.5 Å². The Kier molecular flexibility index (Phi) is 3.10. The first-order chi connectivity index (χ1) is 9.69. The second-order valence-corrected chi connectivity index (χ2v) is 4.66. The van der Waals surface area contributed by atoms with E-state index in [1.807, 2.05) is 0 Å². The summed E-state index contributed by atoms with van der Waals surface area (Å²) in [6.07, 6.45) is 2.33. The van der Waals surface area contributed by atoms with Gasteiger partial charge in [0.1, 0.15) is 11.5 Å². The molecule has 0 bridgehead atoms. The zero-order valence-electron chi connectivity index (χ0n) is 11.1. The molecule has 0 saturated carbocycles. The molecule has 0 radical (unpaired) electrons. The summed E-state index contributed by atoms with van der Waals surface area (Å²) in [6.45, 7) is 0.559. The number of nitrogens with one attached hydrogen (secondary N) is 1. The van der Waals surface area contributed by atoms with Crippen molar-refractivity contribution >= 4 is 17.3 Å². The average molecular weight is 271 g/mol. The predicted octanol–water partition coefficient (Wildman–Crippen LogP) is 2.47. The van der Waals surface area contributed by atoms with Crippen molar-refractivity contribution in [3.05, 3.63) is 53.6 Å². The zero-order chi connectivity index (χ0) is 14.1. The molecule has 3 rings (SSSR count). The van der Waals surface area contributed by atoms with Crippen LogP contribution < -0.4 is 10.2 Å². The number of fused-ring (bicyclic) bond motifs is 1. The molecule has 1 N–H and O–H groups in total. The number of pyridine rings is 1. The number of hydrogen-bond acceptors (Lipinski definition) is 3. The topological polar surface area (TPSA) is 45.2 Å². The molecule has 1 aromatic carbocycles. The van der Waals surface area contributed by atoms with Crippen LogP contribution in [0.1, 0.15) is 16.1 Å². The second kappa shape index (κ2) is 4.92. The molecule has 1 aliphatic rings. The summed E-state index contributed by atoms with van der Waals surface area (Å²) >= 11 is 0. The molecule has 1 aromatic heterocycles. The molecule has 0 aliphatic carbocycles. The Hall–Kier alpha value is -2.43. The van der Waals surface area contributed by atoms with Gasteiger partial charge in [0.15, 0.2) is 0 Å². The lowest BCUT2D eigenvalue weighted by atomic mass is 10.1. The third-order valence-electron chi connectivity index (χ3n) is 3.46. The summed E-state index contributed by atoms with van der Waals surface area (Å²) < 4.78 is 13.4. The summed E-state index contributed by atoms with van der Waals surface area (Å²) in [4.78, 5) is 18.2. The van der Waals surface area contributed by atoms with Crippen molar-refractivity contribution in [2.45, 2.75) is 6.42 Å². The molecule has 2 heterocycles. The second-order valence-electron chi connectivity index (χ2n) is 4.66. The zero-order valence-corrected chi connectivity index (χ0v) is 11.1. The van der Waals surface area contributed by atoms with Gasteiger partial charge in [-0.15, -0.1) is 0 Å². The van der Waals surface area contributed by atoms with Crippen molar-refractivity contribution < 1.29 is 9.18 Å². The number of rotatable bonds is 2. The SMILES string of the molecule is CNc1ccnc(C(=O)N2CCc3ccc(F)cc32)c1. The molecule has 4 nitrogen and oxygen atoms in total. The highest BCUT2D eigenvalue weighted by Crippen LogP contribution is 2.29. The number of carbonyl (C=O) groups is 1. The first-order valence-electron chi connectivity index (χ1n) is 6.43. The van der Waals surface area contributed by atoms with Gasteiger partial charge in [-0.25, -0.2) is 4.39 Å². The fourth-order valence-electron chi connectivity index (χ4n) is 2.40. The molecule has 102 valence electrons. The number of amides is 1. The van der Waals surface area contributed by atoms with E-state index in [1.54, 1.807) is 36.3 Å². The summed E-state index contributed by atoms with van der Waals surface area (Å²) in [5.41, 5.74) is 2.81. The number of nitrogens with zero attached hydrogens (tertiary/aromatic N) is 2. The first-order valence-corrected chi connectivity index (χ1v) is 6.43. The standard InChI is InChI=1S/C15H14FN3O/c1-17-12-4-6-18-13(9-12)15(20)19-7-5-10-2-3-11(16)8-14(10)19/h2-4,6,8-9H,5,7H2,1H3,(H,17,18). The van der Waals surface area contributed by atoms with Crippen molar-refractivity contribution in [3.8, 4) is 0 Å². The van der Waals surface area contributed by atoms with Crippen molar-refractivity contribution in [1.82, 2.24) is 4.98 Å². The predicted molar refractivity (Wildman–Crippen MR) is 75.6 cm³/mol. The normalized spacial score (nSPS) is 13.2. The summed E-state index contributed by atoms with van der Waals surface area (Å²) in [5.74, 6) is -0.535. The summed E-state index contributed by atoms with van der Waals surface area (Å²) in [6, 6.07) is 8.04. The van der Waals surface area contributed by atoms with E-state index < -0.39 is 0 Å². The van der Waals surface area contributed by atoms with Crippen LogP contribution >= 0.6 is 0 Å². The van der Waals surface area contributed by atoms with Crippen LogP contribution in [0.25, 0.3) is 0 Å². The van der Waals surface area contributed by atoms with Gasteiger partial charge in [-0.1, -0.05) is 6.07 Å². The van der Waals surface area contributed by atoms with Crippen LogP contribution in [0.2, 0.25) is 0 Å². The van der Waals surface area contributed by atoms with E-state index in [-0.39, 0.29) is 11.7 Å². The van der Waals surface area contributed by atoms with E-state index in [0.29, 0.717) is 17.9 Å². The number of benzene rings is 1. The molecule has 0 unspecified atom stereocenters. The van der Waals surface area contributed by atoms with E-state index in [0.717, 1.165) is 17.7 Å². The van der Waals surface area contributed by atoms with Crippen LogP contribution in [0, 0.1) is 5.82 Å². The molecule has 0 spiro atoms.